The molecule has 0 aromatic heterocycles. The predicted molar refractivity (Wildman–Crippen MR) is 65.8 cm³/mol. The van der Waals surface area contributed by atoms with E-state index < -0.39 is 11.7 Å². The number of rotatable bonds is 5. The number of nitrogens with two attached hydrogens (primary N) is 1. The molecule has 0 spiro atoms. The number of hydrogen-bond donors (Lipinski definition) is 1. The SMILES string of the molecule is CCCCCc1ccc(Br)c(C(N)=O)c1F. The lowest BCUT2D eigenvalue weighted by molar-refractivity contribution is 0.0995. The molecule has 0 aliphatic carbocycles. The maximum absolute atomic E-state index is 13.9. The second-order valence-electron chi connectivity index (χ2n) is 3.72. The van der Waals surface area contributed by atoms with Crippen molar-refractivity contribution >= 4 is 21.8 Å². The minimum absolute atomic E-state index is 0.0472. The van der Waals surface area contributed by atoms with Gasteiger partial charge in [0.15, 0.2) is 0 Å². The van der Waals surface area contributed by atoms with Crippen LogP contribution in [0.25, 0.3) is 0 Å². The van der Waals surface area contributed by atoms with E-state index in [0.717, 1.165) is 19.3 Å². The first-order chi connectivity index (χ1) is 7.57. The molecule has 0 aliphatic rings. The molecular weight excluding hydrogens is 273 g/mol. The summed E-state index contributed by atoms with van der Waals surface area (Å²) in [5.41, 5.74) is 5.64. The Morgan fingerprint density at radius 3 is 2.69 bits per heavy atom. The highest BCUT2D eigenvalue weighted by Gasteiger charge is 2.16. The Hall–Kier alpha value is -0.900. The summed E-state index contributed by atoms with van der Waals surface area (Å²) in [5.74, 6) is -1.22. The molecule has 0 atom stereocenters. The molecule has 16 heavy (non-hydrogen) atoms. The van der Waals surface area contributed by atoms with E-state index in [9.17, 15) is 9.18 Å². The molecule has 0 radical (unpaired) electrons. The maximum atomic E-state index is 13.9. The molecule has 1 rings (SSSR count). The lowest BCUT2D eigenvalue weighted by Gasteiger charge is -2.07. The van der Waals surface area contributed by atoms with Crippen molar-refractivity contribution in [2.45, 2.75) is 32.6 Å². The summed E-state index contributed by atoms with van der Waals surface area (Å²) in [6.45, 7) is 2.09. The third-order valence-corrected chi connectivity index (χ3v) is 3.13. The van der Waals surface area contributed by atoms with Gasteiger partial charge < -0.3 is 5.73 Å². The van der Waals surface area contributed by atoms with Crippen LogP contribution in [0.3, 0.4) is 0 Å². The minimum Gasteiger partial charge on any atom is -0.365 e. The van der Waals surface area contributed by atoms with Gasteiger partial charge in [-0.2, -0.15) is 0 Å². The smallest absolute Gasteiger partial charge is 0.252 e. The summed E-state index contributed by atoms with van der Waals surface area (Å²) in [4.78, 5) is 11.1. The fraction of sp³-hybridized carbons (Fsp3) is 0.417. The molecule has 0 saturated heterocycles. The van der Waals surface area contributed by atoms with Crippen LogP contribution in [0.2, 0.25) is 0 Å². The second kappa shape index (κ2) is 5.99. The Bertz CT molecular complexity index is 393. The number of benzene rings is 1. The number of unbranched alkanes of at least 4 members (excludes halogenated alkanes) is 2. The van der Waals surface area contributed by atoms with Crippen molar-refractivity contribution in [3.63, 3.8) is 0 Å². The van der Waals surface area contributed by atoms with E-state index in [1.807, 2.05) is 0 Å². The van der Waals surface area contributed by atoms with Gasteiger partial charge in [0.05, 0.1) is 5.56 Å². The average molecular weight is 288 g/mol. The Kier molecular flexibility index (Phi) is 4.93. The quantitative estimate of drug-likeness (QED) is 0.829. The Morgan fingerprint density at radius 1 is 1.44 bits per heavy atom. The first kappa shape index (κ1) is 13.2. The molecule has 0 aliphatic heterocycles. The monoisotopic (exact) mass is 287 g/mol. The van der Waals surface area contributed by atoms with Crippen molar-refractivity contribution in [1.82, 2.24) is 0 Å². The number of halogens is 2. The zero-order chi connectivity index (χ0) is 12.1. The van der Waals surface area contributed by atoms with Gasteiger partial charge >= 0.3 is 0 Å². The Labute approximate surface area is 103 Å². The van der Waals surface area contributed by atoms with Crippen LogP contribution < -0.4 is 5.73 Å². The normalized spacial score (nSPS) is 10.4. The van der Waals surface area contributed by atoms with Crippen LogP contribution >= 0.6 is 15.9 Å². The van der Waals surface area contributed by atoms with Crippen molar-refractivity contribution in [3.8, 4) is 0 Å². The van der Waals surface area contributed by atoms with Gasteiger partial charge in [-0.25, -0.2) is 4.39 Å². The summed E-state index contributed by atoms with van der Waals surface area (Å²) in [6.07, 6.45) is 3.71. The van der Waals surface area contributed by atoms with Crippen molar-refractivity contribution in [1.29, 1.82) is 0 Å². The van der Waals surface area contributed by atoms with Gasteiger partial charge in [-0.15, -0.1) is 0 Å². The van der Waals surface area contributed by atoms with Crippen molar-refractivity contribution in [2.24, 2.45) is 5.73 Å². The number of amides is 1. The summed E-state index contributed by atoms with van der Waals surface area (Å²) < 4.78 is 14.3. The summed E-state index contributed by atoms with van der Waals surface area (Å²) in [6, 6.07) is 3.37. The van der Waals surface area contributed by atoms with Gasteiger partial charge in [-0.3, -0.25) is 4.79 Å². The van der Waals surface area contributed by atoms with E-state index in [-0.39, 0.29) is 5.56 Å². The fourth-order valence-corrected chi connectivity index (χ4v) is 2.08. The molecule has 0 unspecified atom stereocenters. The summed E-state index contributed by atoms with van der Waals surface area (Å²) in [7, 11) is 0. The van der Waals surface area contributed by atoms with Crippen LogP contribution in [0.1, 0.15) is 42.1 Å². The van der Waals surface area contributed by atoms with Gasteiger partial charge in [0, 0.05) is 4.47 Å². The van der Waals surface area contributed by atoms with Gasteiger partial charge in [0.1, 0.15) is 5.82 Å². The van der Waals surface area contributed by atoms with Gasteiger partial charge in [-0.1, -0.05) is 25.8 Å². The van der Waals surface area contributed by atoms with Crippen molar-refractivity contribution in [2.75, 3.05) is 0 Å². The zero-order valence-corrected chi connectivity index (χ0v) is 10.8. The highest BCUT2D eigenvalue weighted by molar-refractivity contribution is 9.10. The number of primary amides is 1. The zero-order valence-electron chi connectivity index (χ0n) is 9.22. The topological polar surface area (TPSA) is 43.1 Å². The van der Waals surface area contributed by atoms with Crippen LogP contribution in [0.5, 0.6) is 0 Å². The van der Waals surface area contributed by atoms with Crippen LogP contribution in [-0.4, -0.2) is 5.91 Å². The first-order valence-corrected chi connectivity index (χ1v) is 6.14. The largest absolute Gasteiger partial charge is 0.365 e. The molecule has 1 aromatic carbocycles. The lowest BCUT2D eigenvalue weighted by Crippen LogP contribution is -2.15. The molecule has 2 N–H and O–H groups in total. The molecule has 1 aromatic rings. The predicted octanol–water partition coefficient (Wildman–Crippen LogP) is 3.42. The highest BCUT2D eigenvalue weighted by Crippen LogP contribution is 2.23. The van der Waals surface area contributed by atoms with Crippen LogP contribution in [0.4, 0.5) is 4.39 Å². The van der Waals surface area contributed by atoms with E-state index in [1.54, 1.807) is 12.1 Å². The molecule has 4 heteroatoms. The minimum atomic E-state index is -0.735. The van der Waals surface area contributed by atoms with Gasteiger partial charge in [0.25, 0.3) is 5.91 Å². The summed E-state index contributed by atoms with van der Waals surface area (Å²) >= 11 is 3.12. The van der Waals surface area contributed by atoms with Crippen LogP contribution in [0.15, 0.2) is 16.6 Å². The van der Waals surface area contributed by atoms with Crippen molar-refractivity contribution in [3.05, 3.63) is 33.5 Å². The van der Waals surface area contributed by atoms with E-state index in [0.29, 0.717) is 16.5 Å². The van der Waals surface area contributed by atoms with Crippen LogP contribution in [0, 0.1) is 5.82 Å². The highest BCUT2D eigenvalue weighted by atomic mass is 79.9. The number of carbonyl (C=O) groups excluding carboxylic acids is 1. The van der Waals surface area contributed by atoms with Crippen LogP contribution in [-0.2, 0) is 6.42 Å². The Balaban J connectivity index is 2.95. The van der Waals surface area contributed by atoms with E-state index >= 15 is 0 Å². The molecule has 0 heterocycles. The molecule has 0 saturated carbocycles. The first-order valence-electron chi connectivity index (χ1n) is 5.34. The van der Waals surface area contributed by atoms with Gasteiger partial charge in [0.2, 0.25) is 0 Å². The second-order valence-corrected chi connectivity index (χ2v) is 4.57. The van der Waals surface area contributed by atoms with E-state index in [1.165, 1.54) is 0 Å². The number of hydrogen-bond acceptors (Lipinski definition) is 1. The fourth-order valence-electron chi connectivity index (χ4n) is 1.58. The number of carbonyl (C=O) groups is 1. The standard InChI is InChI=1S/C12H15BrFNO/c1-2-3-4-5-8-6-7-9(13)10(11(8)14)12(15)16/h6-7H,2-5H2,1H3,(H2,15,16). The maximum Gasteiger partial charge on any atom is 0.252 e. The Morgan fingerprint density at radius 2 is 2.12 bits per heavy atom. The molecule has 0 fully saturated rings. The molecular formula is C12H15BrFNO. The lowest BCUT2D eigenvalue weighted by atomic mass is 10.0. The molecule has 1 amide bonds. The third kappa shape index (κ3) is 3.04. The molecule has 0 bridgehead atoms. The van der Waals surface area contributed by atoms with Crippen molar-refractivity contribution < 1.29 is 9.18 Å². The number of aryl methyl sites for hydroxylation is 1. The molecule has 2 nitrogen and oxygen atoms in total. The van der Waals surface area contributed by atoms with E-state index in [4.69, 9.17) is 5.73 Å². The summed E-state index contributed by atoms with van der Waals surface area (Å²) in [5, 5.41) is 0. The molecule has 88 valence electrons. The third-order valence-electron chi connectivity index (χ3n) is 2.47. The van der Waals surface area contributed by atoms with Gasteiger partial charge in [-0.05, 0) is 40.4 Å². The van der Waals surface area contributed by atoms with E-state index in [2.05, 4.69) is 22.9 Å². The average Bonchev–Trinajstić information content (AvgIpc) is 2.21.